The molecule has 0 saturated carbocycles. The molecule has 0 unspecified atom stereocenters. The number of rotatable bonds is 5. The first kappa shape index (κ1) is 34.9. The van der Waals surface area contributed by atoms with Crippen molar-refractivity contribution < 1.29 is 13.3 Å². The van der Waals surface area contributed by atoms with Gasteiger partial charge in [0.05, 0.1) is 11.0 Å². The molecule has 7 heteroatoms. The molecule has 0 aliphatic carbocycles. The Kier molecular flexibility index (Phi) is 7.27. The van der Waals surface area contributed by atoms with E-state index in [1.165, 1.54) is 0 Å². The molecule has 14 rings (SSSR count). The number of furan rings is 3. The van der Waals surface area contributed by atoms with Gasteiger partial charge in [-0.15, -0.1) is 0 Å². The van der Waals surface area contributed by atoms with Crippen LogP contribution in [-0.2, 0) is 0 Å². The number of benzene rings is 9. The lowest BCUT2D eigenvalue weighted by Gasteiger charge is -2.13. The highest BCUT2D eigenvalue weighted by atomic mass is 16.3. The summed E-state index contributed by atoms with van der Waals surface area (Å²) in [5, 5.41) is 8.62. The normalized spacial score (nSPS) is 12.1. The molecular weight excluding hydrogens is 789 g/mol. The molecule has 0 aliphatic heterocycles. The van der Waals surface area contributed by atoms with Crippen LogP contribution in [0, 0.1) is 0 Å². The first-order valence-corrected chi connectivity index (χ1v) is 21.3. The molecule has 0 saturated heterocycles. The Balaban J connectivity index is 0.996. The smallest absolute Gasteiger partial charge is 0.238 e. The van der Waals surface area contributed by atoms with Crippen molar-refractivity contribution in [2.24, 2.45) is 0 Å². The van der Waals surface area contributed by atoms with E-state index in [1.54, 1.807) is 0 Å². The Labute approximate surface area is 364 Å². The Bertz CT molecular complexity index is 4090. The van der Waals surface area contributed by atoms with Gasteiger partial charge < -0.3 is 13.3 Å². The molecule has 0 fully saturated rings. The predicted molar refractivity (Wildman–Crippen MR) is 258 cm³/mol. The Morgan fingerprint density at radius 3 is 1.45 bits per heavy atom. The highest BCUT2D eigenvalue weighted by molar-refractivity contribution is 6.14. The number of nitrogens with zero attached hydrogens (tertiary/aromatic N) is 4. The van der Waals surface area contributed by atoms with E-state index in [4.69, 9.17) is 28.2 Å². The third-order valence-electron chi connectivity index (χ3n) is 12.7. The monoisotopic (exact) mass is 820 g/mol. The molecule has 14 aromatic rings. The molecule has 5 heterocycles. The second-order valence-corrected chi connectivity index (χ2v) is 16.3. The fraction of sp³-hybridized carbons (Fsp3) is 0. The van der Waals surface area contributed by atoms with Crippen LogP contribution in [-0.4, -0.2) is 19.5 Å². The molecule has 0 amide bonds. The summed E-state index contributed by atoms with van der Waals surface area (Å²) in [5.41, 5.74) is 12.9. The van der Waals surface area contributed by atoms with Crippen LogP contribution in [0.15, 0.2) is 207 Å². The lowest BCUT2D eigenvalue weighted by atomic mass is 9.96. The van der Waals surface area contributed by atoms with E-state index in [0.29, 0.717) is 17.6 Å². The highest BCUT2D eigenvalue weighted by Crippen LogP contribution is 2.41. The quantitative estimate of drug-likeness (QED) is 0.172. The first-order valence-electron chi connectivity index (χ1n) is 21.3. The second-order valence-electron chi connectivity index (χ2n) is 16.3. The van der Waals surface area contributed by atoms with E-state index < -0.39 is 0 Å². The summed E-state index contributed by atoms with van der Waals surface area (Å²) in [6.07, 6.45) is 0. The summed E-state index contributed by atoms with van der Waals surface area (Å²) >= 11 is 0. The van der Waals surface area contributed by atoms with E-state index >= 15 is 0 Å². The Morgan fingerprint density at radius 2 is 0.781 bits per heavy atom. The largest absolute Gasteiger partial charge is 0.456 e. The number of hydrogen-bond donors (Lipinski definition) is 0. The predicted octanol–water partition coefficient (Wildman–Crippen LogP) is 15.3. The van der Waals surface area contributed by atoms with Crippen LogP contribution in [0.25, 0.3) is 139 Å². The minimum atomic E-state index is 0.501. The summed E-state index contributed by atoms with van der Waals surface area (Å²) in [6.45, 7) is 0. The topological polar surface area (TPSA) is 83.0 Å². The Hall–Kier alpha value is -8.81. The lowest BCUT2D eigenvalue weighted by Crippen LogP contribution is -2.07. The van der Waals surface area contributed by atoms with Crippen LogP contribution in [0.2, 0.25) is 0 Å². The van der Waals surface area contributed by atoms with Gasteiger partial charge in [0.2, 0.25) is 5.95 Å². The number of hydrogen-bond acceptors (Lipinski definition) is 6. The van der Waals surface area contributed by atoms with Crippen molar-refractivity contribution in [3.63, 3.8) is 0 Å². The molecule has 0 radical (unpaired) electrons. The zero-order valence-electron chi connectivity index (χ0n) is 34.0. The van der Waals surface area contributed by atoms with Gasteiger partial charge in [-0.25, -0.2) is 4.98 Å². The lowest BCUT2D eigenvalue weighted by molar-refractivity contribution is 0.668. The van der Waals surface area contributed by atoms with Gasteiger partial charge in [-0.1, -0.05) is 127 Å². The molecule has 9 aromatic carbocycles. The van der Waals surface area contributed by atoms with Crippen LogP contribution in [0.1, 0.15) is 0 Å². The molecule has 0 N–H and O–H groups in total. The standard InChI is InChI=1S/C57H32N4O3/c1-5-19-47-39(13-1)45-18-10-17-38(35-12-9-11-33(29-35)34-25-28-51-46(30-34)42-16-4-8-22-50(42)62-51)54(45)61(47)57-59-55(36-23-26-43-40-14-2-6-20-48(40)63-52(43)31-36)58-56(60-57)37-24-27-44-41-15-3-7-21-49(41)64-53(44)32-37/h1-32H. The van der Waals surface area contributed by atoms with Gasteiger partial charge in [0.25, 0.3) is 0 Å². The fourth-order valence-corrected chi connectivity index (χ4v) is 9.68. The summed E-state index contributed by atoms with van der Waals surface area (Å²) in [6, 6.07) is 67.0. The van der Waals surface area contributed by atoms with Crippen molar-refractivity contribution in [3.05, 3.63) is 194 Å². The average molecular weight is 821 g/mol. The molecule has 298 valence electrons. The molecule has 0 aliphatic rings. The number of aromatic nitrogens is 4. The minimum Gasteiger partial charge on any atom is -0.456 e. The van der Waals surface area contributed by atoms with Gasteiger partial charge in [-0.2, -0.15) is 9.97 Å². The van der Waals surface area contributed by atoms with Gasteiger partial charge in [0.15, 0.2) is 11.6 Å². The van der Waals surface area contributed by atoms with Gasteiger partial charge in [-0.05, 0) is 83.4 Å². The minimum absolute atomic E-state index is 0.501. The van der Waals surface area contributed by atoms with E-state index in [2.05, 4.69) is 138 Å². The van der Waals surface area contributed by atoms with Crippen molar-refractivity contribution in [1.29, 1.82) is 0 Å². The summed E-state index contributed by atoms with van der Waals surface area (Å²) in [5.74, 6) is 1.56. The molecule has 7 nitrogen and oxygen atoms in total. The van der Waals surface area contributed by atoms with E-state index in [1.807, 2.05) is 60.7 Å². The van der Waals surface area contributed by atoms with Crippen LogP contribution in [0.5, 0.6) is 0 Å². The maximum absolute atomic E-state index is 6.37. The molecule has 0 bridgehead atoms. The SMILES string of the molecule is c1cc(-c2ccc3oc4ccccc4c3c2)cc(-c2cccc3c4ccccc4n(-c4nc(-c5ccc6c(c5)oc5ccccc56)nc(-c5ccc6c(c5)oc5ccccc56)n4)c23)c1. The van der Waals surface area contributed by atoms with Gasteiger partial charge in [0.1, 0.15) is 33.5 Å². The van der Waals surface area contributed by atoms with Crippen molar-refractivity contribution in [2.75, 3.05) is 0 Å². The maximum atomic E-state index is 6.37. The van der Waals surface area contributed by atoms with Crippen LogP contribution < -0.4 is 0 Å². The van der Waals surface area contributed by atoms with Gasteiger partial charge in [0, 0.05) is 59.8 Å². The molecule has 0 atom stereocenters. The molecular formula is C57H32N4O3. The average Bonchev–Trinajstić information content (AvgIpc) is 4.12. The highest BCUT2D eigenvalue weighted by Gasteiger charge is 2.22. The maximum Gasteiger partial charge on any atom is 0.238 e. The summed E-state index contributed by atoms with van der Waals surface area (Å²) in [4.78, 5) is 15.9. The fourth-order valence-electron chi connectivity index (χ4n) is 9.68. The summed E-state index contributed by atoms with van der Waals surface area (Å²) < 4.78 is 21.1. The molecule has 64 heavy (non-hydrogen) atoms. The number of para-hydroxylation sites is 5. The third-order valence-corrected chi connectivity index (χ3v) is 12.7. The van der Waals surface area contributed by atoms with Gasteiger partial charge >= 0.3 is 0 Å². The number of fused-ring (bicyclic) bond motifs is 12. The van der Waals surface area contributed by atoms with E-state index in [0.717, 1.165) is 121 Å². The van der Waals surface area contributed by atoms with Crippen molar-refractivity contribution >= 4 is 87.6 Å². The molecule has 5 aromatic heterocycles. The zero-order valence-corrected chi connectivity index (χ0v) is 34.0. The summed E-state index contributed by atoms with van der Waals surface area (Å²) in [7, 11) is 0. The van der Waals surface area contributed by atoms with Crippen molar-refractivity contribution in [3.8, 4) is 51.0 Å². The first-order chi connectivity index (χ1) is 31.7. The van der Waals surface area contributed by atoms with Crippen LogP contribution >= 0.6 is 0 Å². The van der Waals surface area contributed by atoms with Crippen molar-refractivity contribution in [2.45, 2.75) is 0 Å². The second kappa shape index (κ2) is 13.3. The van der Waals surface area contributed by atoms with Gasteiger partial charge in [-0.3, -0.25) is 4.57 Å². The third kappa shape index (κ3) is 5.25. The zero-order chi connectivity index (χ0) is 41.9. The van der Waals surface area contributed by atoms with E-state index in [-0.39, 0.29) is 0 Å². The van der Waals surface area contributed by atoms with Crippen molar-refractivity contribution in [1.82, 2.24) is 19.5 Å². The molecule has 0 spiro atoms. The van der Waals surface area contributed by atoms with Crippen LogP contribution in [0.3, 0.4) is 0 Å². The Morgan fingerprint density at radius 1 is 0.297 bits per heavy atom. The van der Waals surface area contributed by atoms with Crippen LogP contribution in [0.4, 0.5) is 0 Å². The van der Waals surface area contributed by atoms with E-state index in [9.17, 15) is 0 Å².